The molecule has 1 aromatic heterocycles. The number of urea groups is 1. The molecule has 0 spiro atoms. The van der Waals surface area contributed by atoms with Gasteiger partial charge in [-0.1, -0.05) is 30.3 Å². The van der Waals surface area contributed by atoms with Crippen LogP contribution in [0, 0.1) is 6.92 Å². The van der Waals surface area contributed by atoms with Crippen LogP contribution >= 0.6 is 0 Å². The lowest BCUT2D eigenvalue weighted by Gasteiger charge is -2.15. The zero-order valence-electron chi connectivity index (χ0n) is 14.6. The molecule has 5 heteroatoms. The molecular formula is C20H25N3O2. The lowest BCUT2D eigenvalue weighted by Crippen LogP contribution is -2.34. The van der Waals surface area contributed by atoms with E-state index in [-0.39, 0.29) is 12.1 Å². The van der Waals surface area contributed by atoms with Gasteiger partial charge < -0.3 is 15.4 Å². The van der Waals surface area contributed by atoms with E-state index < -0.39 is 0 Å². The van der Waals surface area contributed by atoms with E-state index in [2.05, 4.69) is 15.6 Å². The molecule has 2 N–H and O–H groups in total. The van der Waals surface area contributed by atoms with Crippen LogP contribution in [0.5, 0.6) is 5.88 Å². The predicted molar refractivity (Wildman–Crippen MR) is 97.4 cm³/mol. The lowest BCUT2D eigenvalue weighted by atomic mass is 10.1. The van der Waals surface area contributed by atoms with E-state index in [9.17, 15) is 4.79 Å². The van der Waals surface area contributed by atoms with Gasteiger partial charge in [-0.15, -0.1) is 0 Å². The average molecular weight is 339 g/mol. The highest BCUT2D eigenvalue weighted by atomic mass is 16.5. The van der Waals surface area contributed by atoms with Gasteiger partial charge in [0.1, 0.15) is 6.10 Å². The van der Waals surface area contributed by atoms with E-state index >= 15 is 0 Å². The van der Waals surface area contributed by atoms with E-state index in [1.807, 2.05) is 43.3 Å². The number of hydrogen-bond donors (Lipinski definition) is 2. The summed E-state index contributed by atoms with van der Waals surface area (Å²) in [5.74, 6) is 0.633. The van der Waals surface area contributed by atoms with Crippen LogP contribution in [0.25, 0.3) is 0 Å². The van der Waals surface area contributed by atoms with Gasteiger partial charge in [-0.25, -0.2) is 9.78 Å². The number of amides is 2. The quantitative estimate of drug-likeness (QED) is 0.843. The maximum absolute atomic E-state index is 12.1. The first-order valence-corrected chi connectivity index (χ1v) is 8.89. The molecule has 2 aromatic rings. The van der Waals surface area contributed by atoms with Crippen molar-refractivity contribution in [2.45, 2.75) is 51.8 Å². The smallest absolute Gasteiger partial charge is 0.315 e. The summed E-state index contributed by atoms with van der Waals surface area (Å²) in [5, 5.41) is 5.78. The number of nitrogens with one attached hydrogen (secondary N) is 2. The lowest BCUT2D eigenvalue weighted by molar-refractivity contribution is 0.198. The van der Waals surface area contributed by atoms with Crippen LogP contribution in [0.1, 0.15) is 42.4 Å². The number of pyridine rings is 1. The van der Waals surface area contributed by atoms with E-state index in [1.54, 1.807) is 6.20 Å². The molecule has 2 amide bonds. The molecule has 1 saturated carbocycles. The number of rotatable bonds is 6. The van der Waals surface area contributed by atoms with Crippen molar-refractivity contribution in [1.29, 1.82) is 0 Å². The minimum absolute atomic E-state index is 0.195. The Balaban J connectivity index is 1.51. The number of benzene rings is 1. The Morgan fingerprint density at radius 2 is 1.76 bits per heavy atom. The third-order valence-corrected chi connectivity index (χ3v) is 4.57. The Bertz CT molecular complexity index is 712. The molecule has 1 aliphatic carbocycles. The third kappa shape index (κ3) is 4.95. The molecule has 1 fully saturated rings. The standard InChI is InChI=1S/C20H25N3O2/c1-15-7-2-3-8-16(15)13-22-20(24)23-14-17-9-6-12-21-19(17)25-18-10-4-5-11-18/h2-3,6-9,12,18H,4-5,10-11,13-14H2,1H3,(H2,22,23,24). The Morgan fingerprint density at radius 3 is 2.52 bits per heavy atom. The minimum atomic E-state index is -0.195. The number of nitrogens with zero attached hydrogens (tertiary/aromatic N) is 1. The van der Waals surface area contributed by atoms with Crippen molar-refractivity contribution in [2.24, 2.45) is 0 Å². The molecule has 1 aliphatic rings. The fraction of sp³-hybridized carbons (Fsp3) is 0.400. The molecular weight excluding hydrogens is 314 g/mol. The van der Waals surface area contributed by atoms with Crippen molar-refractivity contribution in [3.63, 3.8) is 0 Å². The fourth-order valence-electron chi connectivity index (χ4n) is 3.05. The van der Waals surface area contributed by atoms with Gasteiger partial charge in [-0.2, -0.15) is 0 Å². The van der Waals surface area contributed by atoms with Crippen LogP contribution in [0.15, 0.2) is 42.6 Å². The normalized spacial score (nSPS) is 14.3. The summed E-state index contributed by atoms with van der Waals surface area (Å²) in [6, 6.07) is 11.6. The molecule has 0 aliphatic heterocycles. The van der Waals surface area contributed by atoms with Gasteiger partial charge in [-0.3, -0.25) is 0 Å². The summed E-state index contributed by atoms with van der Waals surface area (Å²) in [7, 11) is 0. The van der Waals surface area contributed by atoms with Gasteiger partial charge in [0.15, 0.2) is 0 Å². The van der Waals surface area contributed by atoms with Gasteiger partial charge in [0.05, 0.1) is 0 Å². The highest BCUT2D eigenvalue weighted by Crippen LogP contribution is 2.24. The topological polar surface area (TPSA) is 63.2 Å². The number of aromatic nitrogens is 1. The molecule has 1 heterocycles. The largest absolute Gasteiger partial charge is 0.474 e. The highest BCUT2D eigenvalue weighted by molar-refractivity contribution is 5.73. The van der Waals surface area contributed by atoms with Crippen LogP contribution in [0.3, 0.4) is 0 Å². The van der Waals surface area contributed by atoms with Gasteiger partial charge in [0, 0.05) is 24.8 Å². The van der Waals surface area contributed by atoms with E-state index in [4.69, 9.17) is 4.74 Å². The number of aryl methyl sites for hydroxylation is 1. The molecule has 0 unspecified atom stereocenters. The van der Waals surface area contributed by atoms with Gasteiger partial charge in [0.25, 0.3) is 0 Å². The molecule has 0 bridgehead atoms. The first kappa shape index (κ1) is 17.3. The average Bonchev–Trinajstić information content (AvgIpc) is 3.13. The van der Waals surface area contributed by atoms with Crippen molar-refractivity contribution < 1.29 is 9.53 Å². The molecule has 3 rings (SSSR count). The zero-order chi connectivity index (χ0) is 17.5. The molecule has 0 atom stereocenters. The predicted octanol–water partition coefficient (Wildman–Crippen LogP) is 3.71. The van der Waals surface area contributed by atoms with Gasteiger partial charge in [-0.05, 0) is 49.8 Å². The fourth-order valence-corrected chi connectivity index (χ4v) is 3.05. The first-order chi connectivity index (χ1) is 12.2. The van der Waals surface area contributed by atoms with Crippen LogP contribution in [0.4, 0.5) is 4.79 Å². The summed E-state index contributed by atoms with van der Waals surface area (Å²) < 4.78 is 6.00. The first-order valence-electron chi connectivity index (χ1n) is 8.89. The molecule has 5 nitrogen and oxygen atoms in total. The second-order valence-corrected chi connectivity index (χ2v) is 6.45. The molecule has 25 heavy (non-hydrogen) atoms. The van der Waals surface area contributed by atoms with Crippen LogP contribution in [0.2, 0.25) is 0 Å². The summed E-state index contributed by atoms with van der Waals surface area (Å²) in [5.41, 5.74) is 3.19. The summed E-state index contributed by atoms with van der Waals surface area (Å²) in [4.78, 5) is 16.4. The highest BCUT2D eigenvalue weighted by Gasteiger charge is 2.18. The van der Waals surface area contributed by atoms with Crippen LogP contribution in [-0.2, 0) is 13.1 Å². The van der Waals surface area contributed by atoms with Gasteiger partial charge >= 0.3 is 6.03 Å². The number of hydrogen-bond acceptors (Lipinski definition) is 3. The van der Waals surface area contributed by atoms with Crippen molar-refractivity contribution in [3.05, 3.63) is 59.3 Å². The Labute approximate surface area is 148 Å². The summed E-state index contributed by atoms with van der Waals surface area (Å²) >= 11 is 0. The van der Waals surface area contributed by atoms with E-state index in [0.29, 0.717) is 19.0 Å². The zero-order valence-corrected chi connectivity index (χ0v) is 14.6. The second kappa shape index (κ2) is 8.51. The third-order valence-electron chi connectivity index (χ3n) is 4.57. The second-order valence-electron chi connectivity index (χ2n) is 6.45. The summed E-state index contributed by atoms with van der Waals surface area (Å²) in [6.45, 7) is 2.95. The molecule has 0 saturated heterocycles. The van der Waals surface area contributed by atoms with Crippen molar-refractivity contribution in [3.8, 4) is 5.88 Å². The van der Waals surface area contributed by atoms with Crippen molar-refractivity contribution in [1.82, 2.24) is 15.6 Å². The Morgan fingerprint density at radius 1 is 1.08 bits per heavy atom. The van der Waals surface area contributed by atoms with E-state index in [1.165, 1.54) is 18.4 Å². The maximum atomic E-state index is 12.1. The van der Waals surface area contributed by atoms with Crippen LogP contribution in [-0.4, -0.2) is 17.1 Å². The van der Waals surface area contributed by atoms with Crippen molar-refractivity contribution in [2.75, 3.05) is 0 Å². The minimum Gasteiger partial charge on any atom is -0.474 e. The Kier molecular flexibility index (Phi) is 5.88. The number of ether oxygens (including phenoxy) is 1. The monoisotopic (exact) mass is 339 g/mol. The molecule has 132 valence electrons. The number of carbonyl (C=O) groups excluding carboxylic acids is 1. The summed E-state index contributed by atoms with van der Waals surface area (Å²) in [6.07, 6.45) is 6.58. The SMILES string of the molecule is Cc1ccccc1CNC(=O)NCc1cccnc1OC1CCCC1. The Hall–Kier alpha value is -2.56. The van der Waals surface area contributed by atoms with Crippen LogP contribution < -0.4 is 15.4 Å². The molecule has 0 radical (unpaired) electrons. The molecule has 1 aromatic carbocycles. The van der Waals surface area contributed by atoms with Crippen molar-refractivity contribution >= 4 is 6.03 Å². The van der Waals surface area contributed by atoms with Gasteiger partial charge in [0.2, 0.25) is 5.88 Å². The maximum Gasteiger partial charge on any atom is 0.315 e. The number of carbonyl (C=O) groups is 1. The van der Waals surface area contributed by atoms with E-state index in [0.717, 1.165) is 24.0 Å².